The topological polar surface area (TPSA) is 18.5 Å². The lowest BCUT2D eigenvalue weighted by atomic mass is 10.0. The molecule has 14 heavy (non-hydrogen) atoms. The van der Waals surface area contributed by atoms with Crippen molar-refractivity contribution in [3.05, 3.63) is 0 Å². The Kier molecular flexibility index (Phi) is 3.42. The van der Waals surface area contributed by atoms with E-state index in [-0.39, 0.29) is 0 Å². The van der Waals surface area contributed by atoms with Gasteiger partial charge in [0, 0.05) is 51.9 Å². The molecule has 2 saturated heterocycles. The average molecular weight is 197 g/mol. The zero-order valence-electron chi connectivity index (χ0n) is 9.50. The predicted octanol–water partition coefficient (Wildman–Crippen LogP) is 0.232. The first-order valence-corrected chi connectivity index (χ1v) is 5.93. The molecule has 0 aliphatic carbocycles. The summed E-state index contributed by atoms with van der Waals surface area (Å²) in [6.45, 7) is 13.4. The van der Waals surface area contributed by atoms with Crippen LogP contribution in [0.1, 0.15) is 13.8 Å². The van der Waals surface area contributed by atoms with Gasteiger partial charge in [0.05, 0.1) is 0 Å². The van der Waals surface area contributed by atoms with E-state index in [0.717, 1.165) is 12.0 Å². The molecule has 2 heterocycles. The van der Waals surface area contributed by atoms with Gasteiger partial charge in [-0.05, 0) is 5.92 Å². The van der Waals surface area contributed by atoms with Gasteiger partial charge in [0.2, 0.25) is 0 Å². The highest BCUT2D eigenvalue weighted by Gasteiger charge is 2.31. The van der Waals surface area contributed by atoms with Crippen LogP contribution in [0.15, 0.2) is 0 Å². The molecule has 0 spiro atoms. The van der Waals surface area contributed by atoms with Gasteiger partial charge in [-0.2, -0.15) is 0 Å². The molecule has 3 nitrogen and oxygen atoms in total. The van der Waals surface area contributed by atoms with Crippen LogP contribution < -0.4 is 5.32 Å². The molecule has 3 heteroatoms. The van der Waals surface area contributed by atoms with Crippen molar-refractivity contribution in [1.29, 1.82) is 0 Å². The first-order chi connectivity index (χ1) is 6.75. The molecular weight excluding hydrogens is 174 g/mol. The second-order valence-electron chi connectivity index (χ2n) is 5.05. The van der Waals surface area contributed by atoms with Gasteiger partial charge in [0.1, 0.15) is 0 Å². The summed E-state index contributed by atoms with van der Waals surface area (Å²) in [5.41, 5.74) is 0. The Hall–Kier alpha value is -0.120. The maximum atomic E-state index is 3.41. The summed E-state index contributed by atoms with van der Waals surface area (Å²) >= 11 is 0. The minimum atomic E-state index is 0.818. The van der Waals surface area contributed by atoms with Gasteiger partial charge < -0.3 is 5.32 Å². The van der Waals surface area contributed by atoms with Crippen LogP contribution in [0.2, 0.25) is 0 Å². The highest BCUT2D eigenvalue weighted by molar-refractivity contribution is 4.89. The summed E-state index contributed by atoms with van der Waals surface area (Å²) in [5, 5.41) is 3.41. The van der Waals surface area contributed by atoms with Crippen molar-refractivity contribution >= 4 is 0 Å². The number of hydrogen-bond acceptors (Lipinski definition) is 3. The summed E-state index contributed by atoms with van der Waals surface area (Å²) < 4.78 is 0. The number of nitrogens with zero attached hydrogens (tertiary/aromatic N) is 2. The molecule has 0 aromatic carbocycles. The average Bonchev–Trinajstić information content (AvgIpc) is 2.12. The molecule has 0 atom stereocenters. The molecule has 0 aromatic heterocycles. The van der Waals surface area contributed by atoms with Crippen LogP contribution in [-0.2, 0) is 0 Å². The van der Waals surface area contributed by atoms with Crippen LogP contribution in [0, 0.1) is 5.92 Å². The SMILES string of the molecule is CC(C)CN1CC(N2CCNCC2)C1. The van der Waals surface area contributed by atoms with E-state index in [1.807, 2.05) is 0 Å². The normalized spacial score (nSPS) is 26.8. The number of hydrogen-bond donors (Lipinski definition) is 1. The maximum absolute atomic E-state index is 3.41. The van der Waals surface area contributed by atoms with Gasteiger partial charge in [-0.1, -0.05) is 13.8 Å². The van der Waals surface area contributed by atoms with Crippen molar-refractivity contribution in [2.24, 2.45) is 5.92 Å². The fourth-order valence-corrected chi connectivity index (χ4v) is 2.49. The standard InChI is InChI=1S/C11H23N3/c1-10(2)7-13-8-11(9-13)14-5-3-12-4-6-14/h10-12H,3-9H2,1-2H3. The quantitative estimate of drug-likeness (QED) is 0.699. The van der Waals surface area contributed by atoms with Crippen molar-refractivity contribution in [1.82, 2.24) is 15.1 Å². The highest BCUT2D eigenvalue weighted by atomic mass is 15.3. The Morgan fingerprint density at radius 3 is 2.43 bits per heavy atom. The van der Waals surface area contributed by atoms with Crippen LogP contribution in [0.25, 0.3) is 0 Å². The highest BCUT2D eigenvalue weighted by Crippen LogP contribution is 2.16. The molecule has 0 unspecified atom stereocenters. The minimum Gasteiger partial charge on any atom is -0.314 e. The zero-order chi connectivity index (χ0) is 9.97. The van der Waals surface area contributed by atoms with Crippen molar-refractivity contribution in [2.75, 3.05) is 45.8 Å². The summed E-state index contributed by atoms with van der Waals surface area (Å²) in [7, 11) is 0. The number of rotatable bonds is 3. The number of likely N-dealkylation sites (tertiary alicyclic amines) is 1. The van der Waals surface area contributed by atoms with E-state index >= 15 is 0 Å². The molecule has 2 rings (SSSR count). The molecule has 0 radical (unpaired) electrons. The summed E-state index contributed by atoms with van der Waals surface area (Å²) in [5.74, 6) is 0.818. The fourth-order valence-electron chi connectivity index (χ4n) is 2.49. The minimum absolute atomic E-state index is 0.818. The number of piperazine rings is 1. The van der Waals surface area contributed by atoms with Gasteiger partial charge in [0.25, 0.3) is 0 Å². The van der Waals surface area contributed by atoms with E-state index in [9.17, 15) is 0 Å². The van der Waals surface area contributed by atoms with E-state index in [1.165, 1.54) is 45.8 Å². The molecule has 0 saturated carbocycles. The third-order valence-electron chi connectivity index (χ3n) is 3.23. The van der Waals surface area contributed by atoms with E-state index in [0.29, 0.717) is 0 Å². The molecule has 2 fully saturated rings. The lowest BCUT2D eigenvalue weighted by Crippen LogP contribution is -2.63. The zero-order valence-corrected chi connectivity index (χ0v) is 9.50. The van der Waals surface area contributed by atoms with Gasteiger partial charge in [0.15, 0.2) is 0 Å². The van der Waals surface area contributed by atoms with Crippen LogP contribution >= 0.6 is 0 Å². The fraction of sp³-hybridized carbons (Fsp3) is 1.00. The smallest absolute Gasteiger partial charge is 0.0351 e. The second-order valence-corrected chi connectivity index (χ2v) is 5.05. The van der Waals surface area contributed by atoms with Crippen LogP contribution in [0.5, 0.6) is 0 Å². The molecule has 1 N–H and O–H groups in total. The van der Waals surface area contributed by atoms with Crippen LogP contribution in [0.4, 0.5) is 0 Å². The Bertz CT molecular complexity index is 169. The Labute approximate surface area is 87.4 Å². The van der Waals surface area contributed by atoms with Crippen molar-refractivity contribution in [3.8, 4) is 0 Å². The van der Waals surface area contributed by atoms with E-state index < -0.39 is 0 Å². The predicted molar refractivity (Wildman–Crippen MR) is 59.5 cm³/mol. The monoisotopic (exact) mass is 197 g/mol. The first-order valence-electron chi connectivity index (χ1n) is 5.93. The molecule has 2 aliphatic heterocycles. The Morgan fingerprint density at radius 2 is 1.86 bits per heavy atom. The largest absolute Gasteiger partial charge is 0.314 e. The lowest BCUT2D eigenvalue weighted by Gasteiger charge is -2.47. The second kappa shape index (κ2) is 4.60. The Balaban J connectivity index is 1.66. The molecule has 82 valence electrons. The third kappa shape index (κ3) is 2.47. The van der Waals surface area contributed by atoms with Crippen molar-refractivity contribution in [2.45, 2.75) is 19.9 Å². The molecule has 2 aliphatic rings. The first kappa shape index (κ1) is 10.4. The maximum Gasteiger partial charge on any atom is 0.0351 e. The molecule has 0 amide bonds. The van der Waals surface area contributed by atoms with Crippen molar-refractivity contribution in [3.63, 3.8) is 0 Å². The van der Waals surface area contributed by atoms with Gasteiger partial charge >= 0.3 is 0 Å². The Morgan fingerprint density at radius 1 is 1.21 bits per heavy atom. The van der Waals surface area contributed by atoms with Gasteiger partial charge in [-0.15, -0.1) is 0 Å². The van der Waals surface area contributed by atoms with Gasteiger partial charge in [-0.25, -0.2) is 0 Å². The molecular formula is C11H23N3. The summed E-state index contributed by atoms with van der Waals surface area (Å²) in [6, 6.07) is 0.857. The summed E-state index contributed by atoms with van der Waals surface area (Å²) in [6.07, 6.45) is 0. The van der Waals surface area contributed by atoms with Gasteiger partial charge in [-0.3, -0.25) is 9.80 Å². The van der Waals surface area contributed by atoms with E-state index in [1.54, 1.807) is 0 Å². The van der Waals surface area contributed by atoms with E-state index in [2.05, 4.69) is 29.0 Å². The third-order valence-corrected chi connectivity index (χ3v) is 3.23. The van der Waals surface area contributed by atoms with Crippen LogP contribution in [0.3, 0.4) is 0 Å². The van der Waals surface area contributed by atoms with E-state index in [4.69, 9.17) is 0 Å². The molecule has 0 aromatic rings. The van der Waals surface area contributed by atoms with Crippen molar-refractivity contribution < 1.29 is 0 Å². The number of nitrogens with one attached hydrogen (secondary N) is 1. The lowest BCUT2D eigenvalue weighted by molar-refractivity contribution is 0.0208. The van der Waals surface area contributed by atoms with Crippen LogP contribution in [-0.4, -0.2) is 61.7 Å². The molecule has 0 bridgehead atoms. The summed E-state index contributed by atoms with van der Waals surface area (Å²) in [4.78, 5) is 5.23.